The van der Waals surface area contributed by atoms with Crippen LogP contribution in [-0.2, 0) is 0 Å². The van der Waals surface area contributed by atoms with Gasteiger partial charge >= 0.3 is 0 Å². The van der Waals surface area contributed by atoms with Gasteiger partial charge in [0.25, 0.3) is 0 Å². The van der Waals surface area contributed by atoms with E-state index >= 15 is 0 Å². The van der Waals surface area contributed by atoms with E-state index in [4.69, 9.17) is 17.4 Å². The summed E-state index contributed by atoms with van der Waals surface area (Å²) in [5, 5.41) is 0.511. The van der Waals surface area contributed by atoms with Gasteiger partial charge in [0.1, 0.15) is 5.15 Å². The fourth-order valence-electron chi connectivity index (χ4n) is 1.48. The highest BCUT2D eigenvalue weighted by atomic mass is 35.5. The van der Waals surface area contributed by atoms with Gasteiger partial charge in [-0.05, 0) is 36.5 Å². The van der Waals surface area contributed by atoms with E-state index < -0.39 is 0 Å². The third-order valence-corrected chi connectivity index (χ3v) is 2.59. The molecule has 0 aliphatic rings. The second-order valence-corrected chi connectivity index (χ2v) is 4.49. The summed E-state index contributed by atoms with van der Waals surface area (Å²) in [6, 6.07) is 3.95. The largest absolute Gasteiger partial charge is 0.271 e. The minimum absolute atomic E-state index is 0.160. The highest BCUT2D eigenvalue weighted by molar-refractivity contribution is 6.29. The minimum atomic E-state index is 0.160. The van der Waals surface area contributed by atoms with Gasteiger partial charge in [0.05, 0.1) is 0 Å². The number of nitrogens with zero attached hydrogens (tertiary/aromatic N) is 1. The molecule has 3 nitrogen and oxygen atoms in total. The summed E-state index contributed by atoms with van der Waals surface area (Å²) >= 11 is 5.83. The van der Waals surface area contributed by atoms with Crippen LogP contribution in [0.25, 0.3) is 0 Å². The van der Waals surface area contributed by atoms with Crippen LogP contribution in [0.2, 0.25) is 5.15 Å². The van der Waals surface area contributed by atoms with E-state index in [1.54, 1.807) is 6.20 Å². The molecule has 0 aliphatic carbocycles. The first-order valence-corrected chi connectivity index (χ1v) is 5.59. The Bertz CT molecular complexity index is 302. The van der Waals surface area contributed by atoms with E-state index in [-0.39, 0.29) is 6.04 Å². The topological polar surface area (TPSA) is 50.9 Å². The number of hydrazine groups is 1. The Morgan fingerprint density at radius 1 is 1.47 bits per heavy atom. The van der Waals surface area contributed by atoms with Crippen molar-refractivity contribution in [1.82, 2.24) is 10.4 Å². The Morgan fingerprint density at radius 3 is 2.73 bits per heavy atom. The van der Waals surface area contributed by atoms with Crippen molar-refractivity contribution in [3.63, 3.8) is 0 Å². The molecule has 0 radical (unpaired) electrons. The summed E-state index contributed by atoms with van der Waals surface area (Å²) in [6.07, 6.45) is 3.85. The molecule has 1 unspecified atom stereocenters. The average Bonchev–Trinajstić information content (AvgIpc) is 2.18. The van der Waals surface area contributed by atoms with E-state index in [0.717, 1.165) is 18.4 Å². The predicted octanol–water partition coefficient (Wildman–Crippen LogP) is 2.68. The number of nitrogens with two attached hydrogens (primary N) is 1. The van der Waals surface area contributed by atoms with Crippen LogP contribution in [0.4, 0.5) is 0 Å². The molecule has 84 valence electrons. The summed E-state index contributed by atoms with van der Waals surface area (Å²) in [5.74, 6) is 6.21. The molecule has 1 atom stereocenters. The van der Waals surface area contributed by atoms with Crippen LogP contribution in [0, 0.1) is 5.92 Å². The molecule has 1 rings (SSSR count). The summed E-state index contributed by atoms with van der Waals surface area (Å²) in [5.41, 5.74) is 3.91. The van der Waals surface area contributed by atoms with Crippen molar-refractivity contribution in [3.8, 4) is 0 Å². The molecule has 0 saturated heterocycles. The molecule has 0 fully saturated rings. The summed E-state index contributed by atoms with van der Waals surface area (Å²) in [4.78, 5) is 3.95. The Morgan fingerprint density at radius 2 is 2.20 bits per heavy atom. The van der Waals surface area contributed by atoms with Gasteiger partial charge in [0.15, 0.2) is 0 Å². The van der Waals surface area contributed by atoms with Crippen molar-refractivity contribution in [2.45, 2.75) is 32.7 Å². The second kappa shape index (κ2) is 6.05. The molecule has 1 heterocycles. The van der Waals surface area contributed by atoms with Gasteiger partial charge in [-0.15, -0.1) is 0 Å². The Kier molecular flexibility index (Phi) is 5.02. The van der Waals surface area contributed by atoms with Crippen molar-refractivity contribution in [1.29, 1.82) is 0 Å². The smallest absolute Gasteiger partial charge is 0.129 e. The number of aromatic nitrogens is 1. The van der Waals surface area contributed by atoms with Crippen LogP contribution in [0.3, 0.4) is 0 Å². The van der Waals surface area contributed by atoms with Gasteiger partial charge in [-0.3, -0.25) is 11.3 Å². The first-order valence-electron chi connectivity index (χ1n) is 5.21. The van der Waals surface area contributed by atoms with Crippen LogP contribution >= 0.6 is 11.6 Å². The summed E-state index contributed by atoms with van der Waals surface area (Å²) < 4.78 is 0. The van der Waals surface area contributed by atoms with Crippen LogP contribution in [0.1, 0.15) is 38.3 Å². The van der Waals surface area contributed by atoms with E-state index in [1.807, 2.05) is 12.1 Å². The van der Waals surface area contributed by atoms with Crippen molar-refractivity contribution in [2.75, 3.05) is 0 Å². The summed E-state index contributed by atoms with van der Waals surface area (Å²) in [7, 11) is 0. The Balaban J connectivity index is 2.65. The van der Waals surface area contributed by atoms with E-state index in [2.05, 4.69) is 24.3 Å². The lowest BCUT2D eigenvalue weighted by Crippen LogP contribution is -2.28. The highest BCUT2D eigenvalue weighted by Gasteiger charge is 2.10. The first kappa shape index (κ1) is 12.4. The number of rotatable bonds is 5. The number of hydrogen-bond acceptors (Lipinski definition) is 3. The van der Waals surface area contributed by atoms with Crippen molar-refractivity contribution >= 4 is 11.6 Å². The number of halogens is 1. The first-order chi connectivity index (χ1) is 7.13. The lowest BCUT2D eigenvalue weighted by Gasteiger charge is -2.17. The zero-order valence-corrected chi connectivity index (χ0v) is 9.96. The van der Waals surface area contributed by atoms with Crippen molar-refractivity contribution in [2.24, 2.45) is 11.8 Å². The fraction of sp³-hybridized carbons (Fsp3) is 0.545. The molecule has 1 aromatic heterocycles. The number of hydrogen-bond donors (Lipinski definition) is 2. The zero-order chi connectivity index (χ0) is 11.3. The molecule has 0 aromatic carbocycles. The van der Waals surface area contributed by atoms with E-state index in [0.29, 0.717) is 11.1 Å². The third kappa shape index (κ3) is 4.16. The normalized spacial score (nSPS) is 13.1. The standard InChI is InChI=1S/C11H18ClN3/c1-8(2)3-4-10(15-13)9-5-6-14-11(12)7-9/h5-8,10,15H,3-4,13H2,1-2H3. The monoisotopic (exact) mass is 227 g/mol. The Hall–Kier alpha value is -0.640. The van der Waals surface area contributed by atoms with E-state index in [9.17, 15) is 0 Å². The van der Waals surface area contributed by atoms with Gasteiger partial charge in [-0.2, -0.15) is 0 Å². The molecule has 0 spiro atoms. The highest BCUT2D eigenvalue weighted by Crippen LogP contribution is 2.21. The van der Waals surface area contributed by atoms with Crippen LogP contribution < -0.4 is 11.3 Å². The maximum Gasteiger partial charge on any atom is 0.129 e. The van der Waals surface area contributed by atoms with Gasteiger partial charge in [0, 0.05) is 12.2 Å². The second-order valence-electron chi connectivity index (χ2n) is 4.10. The quantitative estimate of drug-likeness (QED) is 0.462. The molecular formula is C11H18ClN3. The van der Waals surface area contributed by atoms with Crippen molar-refractivity contribution in [3.05, 3.63) is 29.0 Å². The van der Waals surface area contributed by atoms with E-state index in [1.165, 1.54) is 0 Å². The van der Waals surface area contributed by atoms with Gasteiger partial charge in [-0.25, -0.2) is 4.98 Å². The molecule has 0 amide bonds. The summed E-state index contributed by atoms with van der Waals surface area (Å²) in [6.45, 7) is 4.40. The maximum atomic E-state index is 5.83. The average molecular weight is 228 g/mol. The van der Waals surface area contributed by atoms with Gasteiger partial charge in [0.2, 0.25) is 0 Å². The van der Waals surface area contributed by atoms with Crippen LogP contribution in [0.15, 0.2) is 18.3 Å². The SMILES string of the molecule is CC(C)CCC(NN)c1ccnc(Cl)c1. The van der Waals surface area contributed by atoms with Crippen LogP contribution in [-0.4, -0.2) is 4.98 Å². The van der Waals surface area contributed by atoms with Crippen LogP contribution in [0.5, 0.6) is 0 Å². The molecule has 0 aliphatic heterocycles. The molecular weight excluding hydrogens is 210 g/mol. The van der Waals surface area contributed by atoms with Gasteiger partial charge < -0.3 is 0 Å². The molecule has 1 aromatic rings. The molecule has 15 heavy (non-hydrogen) atoms. The molecule has 0 bridgehead atoms. The number of nitrogens with one attached hydrogen (secondary N) is 1. The van der Waals surface area contributed by atoms with Crippen molar-refractivity contribution < 1.29 is 0 Å². The zero-order valence-electron chi connectivity index (χ0n) is 9.20. The third-order valence-electron chi connectivity index (χ3n) is 2.39. The van der Waals surface area contributed by atoms with Gasteiger partial charge in [-0.1, -0.05) is 25.4 Å². The molecule has 4 heteroatoms. The number of pyridine rings is 1. The predicted molar refractivity (Wildman–Crippen MR) is 63.4 cm³/mol. The fourth-order valence-corrected chi connectivity index (χ4v) is 1.66. The minimum Gasteiger partial charge on any atom is -0.271 e. The Labute approximate surface area is 96.0 Å². The molecule has 3 N–H and O–H groups in total. The lowest BCUT2D eigenvalue weighted by atomic mass is 9.99. The molecule has 0 saturated carbocycles. The maximum absolute atomic E-state index is 5.83. The lowest BCUT2D eigenvalue weighted by molar-refractivity contribution is 0.448.